The van der Waals surface area contributed by atoms with E-state index in [1.165, 1.54) is 5.56 Å². The third-order valence-corrected chi connectivity index (χ3v) is 3.55. The molecular formula is C15H27NO3S. The number of nitrogens with one attached hydrogen (secondary N) is 1. The molecule has 116 valence electrons. The molecule has 4 nitrogen and oxygen atoms in total. The summed E-state index contributed by atoms with van der Waals surface area (Å²) in [6, 6.07) is 2.49. The van der Waals surface area contributed by atoms with Crippen molar-refractivity contribution in [1.82, 2.24) is 5.32 Å². The average molecular weight is 301 g/mol. The maximum Gasteiger partial charge on any atom is 0.0897 e. The van der Waals surface area contributed by atoms with Crippen LogP contribution in [0.1, 0.15) is 26.3 Å². The second kappa shape index (κ2) is 10.3. The summed E-state index contributed by atoms with van der Waals surface area (Å²) in [7, 11) is 0. The monoisotopic (exact) mass is 301 g/mol. The molecule has 20 heavy (non-hydrogen) atoms. The Hall–Kier alpha value is -0.460. The van der Waals surface area contributed by atoms with Gasteiger partial charge in [-0.05, 0) is 49.6 Å². The molecule has 0 spiro atoms. The van der Waals surface area contributed by atoms with E-state index in [1.807, 2.05) is 13.8 Å². The fraction of sp³-hybridized carbons (Fsp3) is 0.733. The van der Waals surface area contributed by atoms with Crippen molar-refractivity contribution in [3.8, 4) is 0 Å². The lowest BCUT2D eigenvalue weighted by Crippen LogP contribution is -2.37. The van der Waals surface area contributed by atoms with Gasteiger partial charge in [0.25, 0.3) is 0 Å². The minimum absolute atomic E-state index is 0.225. The highest BCUT2D eigenvalue weighted by atomic mass is 32.1. The van der Waals surface area contributed by atoms with Crippen LogP contribution in [0.3, 0.4) is 0 Å². The van der Waals surface area contributed by atoms with E-state index in [1.54, 1.807) is 11.3 Å². The normalized spacial score (nSPS) is 14.7. The Morgan fingerprint density at radius 2 is 2.10 bits per heavy atom. The Bertz CT molecular complexity index is 330. The van der Waals surface area contributed by atoms with Gasteiger partial charge in [-0.1, -0.05) is 0 Å². The van der Waals surface area contributed by atoms with Gasteiger partial charge >= 0.3 is 0 Å². The van der Waals surface area contributed by atoms with Crippen LogP contribution in [0.25, 0.3) is 0 Å². The SMILES string of the molecule is CC(Cc1ccsc1)NCC(O)COCCOC(C)C. The van der Waals surface area contributed by atoms with E-state index in [0.717, 1.165) is 6.42 Å². The molecule has 0 saturated carbocycles. The molecule has 1 aromatic heterocycles. The van der Waals surface area contributed by atoms with E-state index in [9.17, 15) is 5.11 Å². The first-order valence-electron chi connectivity index (χ1n) is 7.19. The predicted octanol–water partition coefficient (Wildman–Crippen LogP) is 2.07. The van der Waals surface area contributed by atoms with Gasteiger partial charge in [0.1, 0.15) is 0 Å². The Kier molecular flexibility index (Phi) is 9.05. The first-order valence-corrected chi connectivity index (χ1v) is 8.14. The van der Waals surface area contributed by atoms with Crippen LogP contribution in [-0.4, -0.2) is 49.7 Å². The van der Waals surface area contributed by atoms with Crippen LogP contribution in [-0.2, 0) is 15.9 Å². The molecule has 2 N–H and O–H groups in total. The zero-order valence-corrected chi connectivity index (χ0v) is 13.5. The average Bonchev–Trinajstić information content (AvgIpc) is 2.88. The molecule has 0 fully saturated rings. The predicted molar refractivity (Wildman–Crippen MR) is 83.4 cm³/mol. The summed E-state index contributed by atoms with van der Waals surface area (Å²) in [5.41, 5.74) is 1.34. The van der Waals surface area contributed by atoms with E-state index in [-0.39, 0.29) is 6.10 Å². The van der Waals surface area contributed by atoms with Gasteiger partial charge in [0.15, 0.2) is 0 Å². The summed E-state index contributed by atoms with van der Waals surface area (Å²) in [6.07, 6.45) is 0.737. The molecule has 0 radical (unpaired) electrons. The first-order chi connectivity index (χ1) is 9.58. The number of ether oxygens (including phenoxy) is 2. The van der Waals surface area contributed by atoms with Crippen molar-refractivity contribution < 1.29 is 14.6 Å². The molecule has 0 aliphatic rings. The van der Waals surface area contributed by atoms with Gasteiger partial charge in [-0.25, -0.2) is 0 Å². The number of thiophene rings is 1. The minimum Gasteiger partial charge on any atom is -0.389 e. The third kappa shape index (κ3) is 8.66. The van der Waals surface area contributed by atoms with Crippen molar-refractivity contribution in [3.63, 3.8) is 0 Å². The van der Waals surface area contributed by atoms with Crippen LogP contribution < -0.4 is 5.32 Å². The van der Waals surface area contributed by atoms with Crippen LogP contribution >= 0.6 is 11.3 Å². The van der Waals surface area contributed by atoms with Crippen molar-refractivity contribution in [2.24, 2.45) is 0 Å². The lowest BCUT2D eigenvalue weighted by atomic mass is 10.1. The summed E-state index contributed by atoms with van der Waals surface area (Å²) in [6.45, 7) is 8.12. The fourth-order valence-electron chi connectivity index (χ4n) is 1.79. The van der Waals surface area contributed by atoms with E-state index in [2.05, 4.69) is 29.1 Å². The molecule has 0 bridgehead atoms. The Morgan fingerprint density at radius 3 is 2.75 bits per heavy atom. The second-order valence-electron chi connectivity index (χ2n) is 5.29. The molecule has 1 heterocycles. The molecule has 1 rings (SSSR count). The number of rotatable bonds is 11. The van der Waals surface area contributed by atoms with Crippen LogP contribution in [0.15, 0.2) is 16.8 Å². The molecule has 0 aliphatic heterocycles. The highest BCUT2D eigenvalue weighted by molar-refractivity contribution is 7.07. The van der Waals surface area contributed by atoms with Gasteiger partial charge in [-0.3, -0.25) is 0 Å². The molecule has 0 aromatic carbocycles. The molecule has 0 amide bonds. The quantitative estimate of drug-likeness (QED) is 0.614. The maximum atomic E-state index is 9.81. The molecule has 1 aromatic rings. The Morgan fingerprint density at radius 1 is 1.30 bits per heavy atom. The van der Waals surface area contributed by atoms with Gasteiger partial charge in [-0.2, -0.15) is 11.3 Å². The van der Waals surface area contributed by atoms with Gasteiger partial charge < -0.3 is 19.9 Å². The molecule has 0 saturated heterocycles. The van der Waals surface area contributed by atoms with Crippen molar-refractivity contribution >= 4 is 11.3 Å². The van der Waals surface area contributed by atoms with Crippen LogP contribution in [0, 0.1) is 0 Å². The van der Waals surface area contributed by atoms with Gasteiger partial charge in [0, 0.05) is 12.6 Å². The second-order valence-corrected chi connectivity index (χ2v) is 6.07. The van der Waals surface area contributed by atoms with Crippen LogP contribution in [0.4, 0.5) is 0 Å². The lowest BCUT2D eigenvalue weighted by molar-refractivity contribution is -0.0104. The van der Waals surface area contributed by atoms with E-state index in [0.29, 0.717) is 32.4 Å². The van der Waals surface area contributed by atoms with Gasteiger partial charge in [0.05, 0.1) is 32.0 Å². The van der Waals surface area contributed by atoms with Gasteiger partial charge in [0.2, 0.25) is 0 Å². The Labute approximate surface area is 126 Å². The van der Waals surface area contributed by atoms with Gasteiger partial charge in [-0.15, -0.1) is 0 Å². The number of aliphatic hydroxyl groups is 1. The standard InChI is InChI=1S/C15H27NO3S/c1-12(2)19-6-5-18-10-15(17)9-16-13(3)8-14-4-7-20-11-14/h4,7,11-13,15-17H,5-6,8-10H2,1-3H3. The molecule has 2 unspecified atom stereocenters. The van der Waals surface area contributed by atoms with Crippen molar-refractivity contribution in [3.05, 3.63) is 22.4 Å². The summed E-state index contributed by atoms with van der Waals surface area (Å²) < 4.78 is 10.7. The zero-order valence-electron chi connectivity index (χ0n) is 12.7. The summed E-state index contributed by atoms with van der Waals surface area (Å²) in [5.74, 6) is 0. The number of hydrogen-bond acceptors (Lipinski definition) is 5. The molecule has 0 aliphatic carbocycles. The van der Waals surface area contributed by atoms with E-state index >= 15 is 0 Å². The van der Waals surface area contributed by atoms with Crippen LogP contribution in [0.2, 0.25) is 0 Å². The summed E-state index contributed by atoms with van der Waals surface area (Å²) >= 11 is 1.71. The first kappa shape index (κ1) is 17.6. The molecule has 2 atom stereocenters. The minimum atomic E-state index is -0.473. The zero-order chi connectivity index (χ0) is 14.8. The number of hydrogen-bond donors (Lipinski definition) is 2. The molecule has 5 heteroatoms. The van der Waals surface area contributed by atoms with Crippen molar-refractivity contribution in [2.75, 3.05) is 26.4 Å². The lowest BCUT2D eigenvalue weighted by Gasteiger charge is -2.17. The summed E-state index contributed by atoms with van der Waals surface area (Å²) in [5, 5.41) is 17.4. The molecular weight excluding hydrogens is 274 g/mol. The highest BCUT2D eigenvalue weighted by Gasteiger charge is 2.08. The number of aliphatic hydroxyl groups excluding tert-OH is 1. The topological polar surface area (TPSA) is 50.7 Å². The summed E-state index contributed by atoms with van der Waals surface area (Å²) in [4.78, 5) is 0. The highest BCUT2D eigenvalue weighted by Crippen LogP contribution is 2.08. The van der Waals surface area contributed by atoms with Crippen LogP contribution in [0.5, 0.6) is 0 Å². The van der Waals surface area contributed by atoms with Crippen molar-refractivity contribution in [2.45, 2.75) is 45.4 Å². The van der Waals surface area contributed by atoms with E-state index in [4.69, 9.17) is 9.47 Å². The Balaban J connectivity index is 2.00. The smallest absolute Gasteiger partial charge is 0.0897 e. The largest absolute Gasteiger partial charge is 0.389 e. The maximum absolute atomic E-state index is 9.81. The van der Waals surface area contributed by atoms with Crippen molar-refractivity contribution in [1.29, 1.82) is 0 Å². The fourth-order valence-corrected chi connectivity index (χ4v) is 2.47. The van der Waals surface area contributed by atoms with E-state index < -0.39 is 6.10 Å². The third-order valence-electron chi connectivity index (χ3n) is 2.81.